The molecule has 3 aliphatic rings. The number of carbonyl (C=O) groups is 1. The van der Waals surface area contributed by atoms with Crippen molar-refractivity contribution in [1.82, 2.24) is 15.2 Å². The number of amides is 2. The van der Waals surface area contributed by atoms with Crippen molar-refractivity contribution in [1.29, 1.82) is 0 Å². The molecule has 34 heavy (non-hydrogen) atoms. The fourth-order valence-corrected chi connectivity index (χ4v) is 5.06. The Kier molecular flexibility index (Phi) is 5.49. The van der Waals surface area contributed by atoms with Crippen molar-refractivity contribution in [2.75, 3.05) is 6.54 Å². The summed E-state index contributed by atoms with van der Waals surface area (Å²) < 4.78 is 87.7. The van der Waals surface area contributed by atoms with E-state index in [-0.39, 0.29) is 60.1 Å². The van der Waals surface area contributed by atoms with Crippen LogP contribution in [0.25, 0.3) is 11.1 Å². The molecule has 2 aliphatic carbocycles. The standard InChI is InChI=1S/C22H24F6N4O2/c23-15-12(18(11-1-2-11)32-9-14(22(26,27)28)30-20(32)33)3-4-13-17(15)31-19(34-13)16(29)10-5-7-21(24,25)8-6-10/h3-4,10-11,14,16,18H,1-2,5-9,29H2,(H,30,33)/t14-,16+,18+/m0/s1. The number of nitrogens with two attached hydrogens (primary N) is 1. The Balaban J connectivity index is 1.43. The minimum Gasteiger partial charge on any atom is -0.439 e. The molecule has 0 spiro atoms. The molecule has 1 aromatic heterocycles. The van der Waals surface area contributed by atoms with Crippen molar-refractivity contribution in [2.24, 2.45) is 17.6 Å². The number of aromatic nitrogens is 1. The predicted molar refractivity (Wildman–Crippen MR) is 108 cm³/mol. The van der Waals surface area contributed by atoms with Gasteiger partial charge >= 0.3 is 12.2 Å². The molecule has 1 aromatic carbocycles. The van der Waals surface area contributed by atoms with Gasteiger partial charge in [-0.15, -0.1) is 0 Å². The topological polar surface area (TPSA) is 84.4 Å². The molecule has 2 aromatic rings. The number of rotatable bonds is 5. The van der Waals surface area contributed by atoms with E-state index in [4.69, 9.17) is 10.2 Å². The molecule has 6 nitrogen and oxygen atoms in total. The molecule has 3 fully saturated rings. The average molecular weight is 490 g/mol. The van der Waals surface area contributed by atoms with E-state index >= 15 is 4.39 Å². The summed E-state index contributed by atoms with van der Waals surface area (Å²) in [5, 5.41) is 1.93. The van der Waals surface area contributed by atoms with E-state index in [2.05, 4.69) is 4.98 Å². The lowest BCUT2D eigenvalue weighted by molar-refractivity contribution is -0.150. The smallest absolute Gasteiger partial charge is 0.410 e. The van der Waals surface area contributed by atoms with Gasteiger partial charge in [-0.05, 0) is 43.6 Å². The molecule has 5 rings (SSSR count). The molecule has 0 bridgehead atoms. The van der Waals surface area contributed by atoms with Crippen molar-refractivity contribution in [2.45, 2.75) is 68.7 Å². The zero-order valence-electron chi connectivity index (χ0n) is 18.0. The molecule has 2 saturated carbocycles. The monoisotopic (exact) mass is 490 g/mol. The van der Waals surface area contributed by atoms with Crippen LogP contribution in [0.3, 0.4) is 0 Å². The van der Waals surface area contributed by atoms with Gasteiger partial charge < -0.3 is 20.4 Å². The second kappa shape index (κ2) is 8.03. The average Bonchev–Trinajstić information content (AvgIpc) is 3.36. The van der Waals surface area contributed by atoms with Crippen molar-refractivity contribution in [3.8, 4) is 0 Å². The lowest BCUT2D eigenvalue weighted by atomic mass is 9.82. The zero-order chi connectivity index (χ0) is 24.4. The quantitative estimate of drug-likeness (QED) is 0.565. The van der Waals surface area contributed by atoms with Crippen LogP contribution in [-0.4, -0.2) is 40.6 Å². The van der Waals surface area contributed by atoms with E-state index in [0.717, 1.165) is 4.90 Å². The van der Waals surface area contributed by atoms with Crippen LogP contribution in [0, 0.1) is 17.7 Å². The first kappa shape index (κ1) is 23.3. The number of carbonyl (C=O) groups excluding carboxylic acids is 1. The summed E-state index contributed by atoms with van der Waals surface area (Å²) in [7, 11) is 0. The number of fused-ring (bicyclic) bond motifs is 1. The Morgan fingerprint density at radius 3 is 2.41 bits per heavy atom. The molecule has 0 radical (unpaired) electrons. The number of hydrogen-bond donors (Lipinski definition) is 2. The maximum Gasteiger partial charge on any atom is 0.410 e. The summed E-state index contributed by atoms with van der Waals surface area (Å²) in [6.45, 7) is -0.609. The van der Waals surface area contributed by atoms with Gasteiger partial charge in [0.25, 0.3) is 0 Å². The molecular weight excluding hydrogens is 466 g/mol. The van der Waals surface area contributed by atoms with Crippen molar-refractivity contribution >= 4 is 17.1 Å². The Bertz CT molecular complexity index is 1090. The van der Waals surface area contributed by atoms with Crippen LogP contribution in [-0.2, 0) is 0 Å². The lowest BCUT2D eigenvalue weighted by Gasteiger charge is -2.30. The van der Waals surface area contributed by atoms with Crippen LogP contribution in [0.15, 0.2) is 16.5 Å². The Labute approximate surface area is 190 Å². The van der Waals surface area contributed by atoms with E-state index in [9.17, 15) is 26.7 Å². The normalized spacial score (nSPS) is 25.6. The lowest BCUT2D eigenvalue weighted by Crippen LogP contribution is -2.40. The van der Waals surface area contributed by atoms with Gasteiger partial charge in [0.05, 0.1) is 18.6 Å². The van der Waals surface area contributed by atoms with Crippen LogP contribution >= 0.6 is 0 Å². The maximum atomic E-state index is 15.6. The molecule has 186 valence electrons. The van der Waals surface area contributed by atoms with Crippen LogP contribution in [0.2, 0.25) is 0 Å². The molecule has 2 amide bonds. The predicted octanol–water partition coefficient (Wildman–Crippen LogP) is 5.20. The van der Waals surface area contributed by atoms with Crippen molar-refractivity contribution in [3.63, 3.8) is 0 Å². The Hall–Kier alpha value is -2.50. The third-order valence-electron chi connectivity index (χ3n) is 7.16. The minimum absolute atomic E-state index is 0.0280. The summed E-state index contributed by atoms with van der Waals surface area (Å²) in [6, 6.07) is -1.72. The summed E-state index contributed by atoms with van der Waals surface area (Å²) >= 11 is 0. The largest absolute Gasteiger partial charge is 0.439 e. The minimum atomic E-state index is -4.61. The second-order valence-electron chi connectivity index (χ2n) is 9.57. The molecule has 1 saturated heterocycles. The first-order valence-electron chi connectivity index (χ1n) is 11.3. The first-order valence-corrected chi connectivity index (χ1v) is 11.3. The van der Waals surface area contributed by atoms with Crippen LogP contribution in [0.4, 0.5) is 31.1 Å². The highest BCUT2D eigenvalue weighted by Gasteiger charge is 2.51. The van der Waals surface area contributed by atoms with Crippen LogP contribution in [0.1, 0.15) is 62.1 Å². The van der Waals surface area contributed by atoms with E-state index in [0.29, 0.717) is 12.8 Å². The summed E-state index contributed by atoms with van der Waals surface area (Å²) in [6.07, 6.45) is -3.49. The second-order valence-corrected chi connectivity index (χ2v) is 9.57. The molecule has 2 heterocycles. The fraction of sp³-hybridized carbons (Fsp3) is 0.636. The molecular formula is C22H24F6N4O2. The van der Waals surface area contributed by atoms with E-state index in [1.54, 1.807) is 0 Å². The van der Waals surface area contributed by atoms with Gasteiger partial charge in [0.15, 0.2) is 11.4 Å². The molecule has 0 unspecified atom stereocenters. The number of nitrogens with zero attached hydrogens (tertiary/aromatic N) is 2. The van der Waals surface area contributed by atoms with E-state index in [1.165, 1.54) is 12.1 Å². The highest BCUT2D eigenvalue weighted by atomic mass is 19.4. The number of halogens is 6. The maximum absolute atomic E-state index is 15.6. The number of hydrogen-bond acceptors (Lipinski definition) is 4. The van der Waals surface area contributed by atoms with Crippen LogP contribution in [0.5, 0.6) is 0 Å². The van der Waals surface area contributed by atoms with E-state index in [1.807, 2.05) is 5.32 Å². The van der Waals surface area contributed by atoms with Gasteiger partial charge in [0.2, 0.25) is 11.8 Å². The highest BCUT2D eigenvalue weighted by Crippen LogP contribution is 2.48. The number of urea groups is 1. The number of benzene rings is 1. The van der Waals surface area contributed by atoms with Gasteiger partial charge in [0, 0.05) is 18.4 Å². The Morgan fingerprint density at radius 1 is 1.15 bits per heavy atom. The van der Waals surface area contributed by atoms with Gasteiger partial charge in [-0.25, -0.2) is 22.9 Å². The summed E-state index contributed by atoms with van der Waals surface area (Å²) in [5.41, 5.74) is 6.24. The molecule has 1 aliphatic heterocycles. The zero-order valence-corrected chi connectivity index (χ0v) is 18.0. The highest BCUT2D eigenvalue weighted by molar-refractivity contribution is 5.79. The summed E-state index contributed by atoms with van der Waals surface area (Å²) in [5.74, 6) is -3.93. The number of nitrogens with one attached hydrogen (secondary N) is 1. The van der Waals surface area contributed by atoms with Gasteiger partial charge in [-0.3, -0.25) is 0 Å². The van der Waals surface area contributed by atoms with E-state index < -0.39 is 48.6 Å². The van der Waals surface area contributed by atoms with Crippen LogP contribution < -0.4 is 11.1 Å². The third-order valence-corrected chi connectivity index (χ3v) is 7.16. The summed E-state index contributed by atoms with van der Waals surface area (Å²) in [4.78, 5) is 17.6. The van der Waals surface area contributed by atoms with Gasteiger partial charge in [-0.1, -0.05) is 6.07 Å². The third kappa shape index (κ3) is 4.20. The van der Waals surface area contributed by atoms with Crippen molar-refractivity contribution in [3.05, 3.63) is 29.4 Å². The fourth-order valence-electron chi connectivity index (χ4n) is 5.06. The molecule has 3 N–H and O–H groups in total. The number of oxazole rings is 1. The molecule has 3 atom stereocenters. The van der Waals surface area contributed by atoms with Gasteiger partial charge in [-0.2, -0.15) is 13.2 Å². The molecule has 12 heteroatoms. The van der Waals surface area contributed by atoms with Gasteiger partial charge in [0.1, 0.15) is 11.6 Å². The number of alkyl halides is 5. The van der Waals surface area contributed by atoms with Crippen molar-refractivity contribution < 1.29 is 35.6 Å². The Morgan fingerprint density at radius 2 is 1.82 bits per heavy atom. The first-order chi connectivity index (χ1) is 15.9. The SMILES string of the molecule is N[C@@H](c1nc2c(F)c([C@@H](C3CC3)N3C[C@@H](C(F)(F)F)NC3=O)ccc2o1)C1CCC(F)(F)CC1.